The molecule has 0 saturated carbocycles. The highest BCUT2D eigenvalue weighted by atomic mass is 35.5. The van der Waals surface area contributed by atoms with Gasteiger partial charge < -0.3 is 16.0 Å². The molecule has 6 heteroatoms. The summed E-state index contributed by atoms with van der Waals surface area (Å²) in [7, 11) is 0. The summed E-state index contributed by atoms with van der Waals surface area (Å²) in [6, 6.07) is -0.265. The molecular formula is C13H26ClN3O2. The van der Waals surface area contributed by atoms with Gasteiger partial charge in [0, 0.05) is 12.6 Å². The summed E-state index contributed by atoms with van der Waals surface area (Å²) in [6.45, 7) is 6.69. The van der Waals surface area contributed by atoms with Gasteiger partial charge >= 0.3 is 0 Å². The second kappa shape index (κ2) is 8.38. The normalized spacial score (nSPS) is 20.7. The number of hydrogen-bond donors (Lipinski definition) is 2. The molecule has 0 aromatic heterocycles. The summed E-state index contributed by atoms with van der Waals surface area (Å²) < 4.78 is 0. The van der Waals surface area contributed by atoms with Gasteiger partial charge in [-0.05, 0) is 32.1 Å². The molecule has 19 heavy (non-hydrogen) atoms. The summed E-state index contributed by atoms with van der Waals surface area (Å²) in [5.74, 6) is -0.177. The number of amides is 2. The van der Waals surface area contributed by atoms with Crippen LogP contribution in [-0.4, -0.2) is 41.9 Å². The van der Waals surface area contributed by atoms with Gasteiger partial charge in [-0.3, -0.25) is 9.59 Å². The molecule has 0 bridgehead atoms. The number of hydrogen-bond acceptors (Lipinski definition) is 3. The van der Waals surface area contributed by atoms with E-state index in [2.05, 4.69) is 12.2 Å². The summed E-state index contributed by atoms with van der Waals surface area (Å²) in [4.78, 5) is 25.5. The Morgan fingerprint density at radius 3 is 2.53 bits per heavy atom. The third kappa shape index (κ3) is 5.37. The van der Waals surface area contributed by atoms with Gasteiger partial charge in [0.1, 0.15) is 0 Å². The molecule has 3 N–H and O–H groups in total. The molecule has 0 radical (unpaired) electrons. The van der Waals surface area contributed by atoms with E-state index >= 15 is 0 Å². The summed E-state index contributed by atoms with van der Waals surface area (Å²) in [5, 5.41) is 2.63. The Morgan fingerprint density at radius 1 is 1.37 bits per heavy atom. The van der Waals surface area contributed by atoms with Crippen LogP contribution in [0.4, 0.5) is 0 Å². The van der Waals surface area contributed by atoms with Gasteiger partial charge in [0.2, 0.25) is 11.8 Å². The minimum atomic E-state index is -0.545. The Bertz CT molecular complexity index is 310. The van der Waals surface area contributed by atoms with Crippen LogP contribution in [-0.2, 0) is 9.59 Å². The molecule has 1 saturated heterocycles. The molecule has 2 atom stereocenters. The number of nitrogens with zero attached hydrogens (tertiary/aromatic N) is 1. The zero-order chi connectivity index (χ0) is 13.7. The predicted molar refractivity (Wildman–Crippen MR) is 78.1 cm³/mol. The minimum Gasteiger partial charge on any atom is -0.346 e. The van der Waals surface area contributed by atoms with Crippen LogP contribution in [0.3, 0.4) is 0 Å². The van der Waals surface area contributed by atoms with Gasteiger partial charge in [-0.25, -0.2) is 0 Å². The maximum Gasteiger partial charge on any atom is 0.242 e. The van der Waals surface area contributed by atoms with E-state index in [-0.39, 0.29) is 42.7 Å². The summed E-state index contributed by atoms with van der Waals surface area (Å²) in [6.07, 6.45) is 3.27. The molecule has 1 unspecified atom stereocenters. The smallest absolute Gasteiger partial charge is 0.242 e. The summed E-state index contributed by atoms with van der Waals surface area (Å²) in [5.41, 5.74) is 5.72. The van der Waals surface area contributed by atoms with E-state index in [0.717, 1.165) is 19.4 Å². The number of halogens is 1. The van der Waals surface area contributed by atoms with Gasteiger partial charge in [0.05, 0.1) is 12.6 Å². The lowest BCUT2D eigenvalue weighted by Crippen LogP contribution is -2.50. The van der Waals surface area contributed by atoms with Crippen molar-refractivity contribution in [2.75, 3.05) is 13.1 Å². The largest absolute Gasteiger partial charge is 0.346 e. The van der Waals surface area contributed by atoms with Gasteiger partial charge in [-0.2, -0.15) is 0 Å². The standard InChI is InChI=1S/C13H25N3O2.ClH/c1-9(2)12(14)13(18)15-8-11(17)16-7-5-4-6-10(16)3;/h9-10,12H,4-8,14H2,1-3H3,(H,15,18);1H/t10?,12-;/m0./s1. The number of nitrogens with one attached hydrogen (secondary N) is 1. The van der Waals surface area contributed by atoms with Gasteiger partial charge in [0.25, 0.3) is 0 Å². The number of likely N-dealkylation sites (tertiary alicyclic amines) is 1. The van der Waals surface area contributed by atoms with Crippen molar-refractivity contribution >= 4 is 24.2 Å². The second-order valence-corrected chi connectivity index (χ2v) is 5.42. The average molecular weight is 292 g/mol. The van der Waals surface area contributed by atoms with E-state index < -0.39 is 6.04 Å². The Kier molecular flexibility index (Phi) is 8.02. The predicted octanol–water partition coefficient (Wildman–Crippen LogP) is 0.909. The molecule has 0 aromatic rings. The molecular weight excluding hydrogens is 266 g/mol. The number of carbonyl (C=O) groups is 2. The van der Waals surface area contributed by atoms with Crippen molar-refractivity contribution in [2.45, 2.75) is 52.1 Å². The van der Waals surface area contributed by atoms with E-state index in [1.165, 1.54) is 6.42 Å². The third-order valence-corrected chi connectivity index (χ3v) is 3.56. The molecule has 1 aliphatic heterocycles. The van der Waals surface area contributed by atoms with E-state index in [4.69, 9.17) is 5.73 Å². The van der Waals surface area contributed by atoms with Crippen LogP contribution in [0.1, 0.15) is 40.0 Å². The lowest BCUT2D eigenvalue weighted by atomic mass is 10.0. The average Bonchev–Trinajstić information content (AvgIpc) is 2.35. The van der Waals surface area contributed by atoms with Crippen molar-refractivity contribution in [3.63, 3.8) is 0 Å². The van der Waals surface area contributed by atoms with Crippen molar-refractivity contribution in [1.29, 1.82) is 0 Å². The number of piperidine rings is 1. The first-order valence-electron chi connectivity index (χ1n) is 6.76. The maximum absolute atomic E-state index is 12.0. The highest BCUT2D eigenvalue weighted by Crippen LogP contribution is 2.15. The molecule has 1 aliphatic rings. The van der Waals surface area contributed by atoms with E-state index in [1.54, 1.807) is 0 Å². The highest BCUT2D eigenvalue weighted by Gasteiger charge is 2.24. The van der Waals surface area contributed by atoms with Crippen LogP contribution in [0.25, 0.3) is 0 Å². The van der Waals surface area contributed by atoms with Crippen molar-refractivity contribution in [3.8, 4) is 0 Å². The topological polar surface area (TPSA) is 75.4 Å². The maximum atomic E-state index is 12.0. The van der Waals surface area contributed by atoms with Crippen molar-refractivity contribution in [3.05, 3.63) is 0 Å². The molecule has 5 nitrogen and oxygen atoms in total. The first-order valence-corrected chi connectivity index (χ1v) is 6.76. The van der Waals surface area contributed by atoms with Crippen LogP contribution < -0.4 is 11.1 Å². The van der Waals surface area contributed by atoms with Crippen LogP contribution in [0.5, 0.6) is 0 Å². The lowest BCUT2D eigenvalue weighted by molar-refractivity contribution is -0.136. The Hall–Kier alpha value is -0.810. The SMILES string of the molecule is CC(C)[C@H](N)C(=O)NCC(=O)N1CCCCC1C.Cl. The van der Waals surface area contributed by atoms with E-state index in [0.29, 0.717) is 0 Å². The monoisotopic (exact) mass is 291 g/mol. The molecule has 1 heterocycles. The van der Waals surface area contributed by atoms with Gasteiger partial charge in [-0.15, -0.1) is 12.4 Å². The number of carbonyl (C=O) groups excluding carboxylic acids is 2. The zero-order valence-corrected chi connectivity index (χ0v) is 12.8. The molecule has 1 rings (SSSR count). The fourth-order valence-corrected chi connectivity index (χ4v) is 2.15. The number of nitrogens with two attached hydrogens (primary N) is 1. The minimum absolute atomic E-state index is 0. The van der Waals surface area contributed by atoms with Gasteiger partial charge in [0.15, 0.2) is 0 Å². The Balaban J connectivity index is 0.00000324. The van der Waals surface area contributed by atoms with E-state index in [1.807, 2.05) is 18.7 Å². The van der Waals surface area contributed by atoms with Crippen LogP contribution in [0.2, 0.25) is 0 Å². The first-order chi connectivity index (χ1) is 8.43. The van der Waals surface area contributed by atoms with Crippen molar-refractivity contribution in [1.82, 2.24) is 10.2 Å². The summed E-state index contributed by atoms with van der Waals surface area (Å²) >= 11 is 0. The quantitative estimate of drug-likeness (QED) is 0.808. The molecule has 0 aliphatic carbocycles. The molecule has 2 amide bonds. The van der Waals surface area contributed by atoms with Crippen molar-refractivity contribution in [2.24, 2.45) is 11.7 Å². The molecule has 1 fully saturated rings. The Labute approximate surface area is 121 Å². The highest BCUT2D eigenvalue weighted by molar-refractivity contribution is 5.87. The molecule has 112 valence electrons. The van der Waals surface area contributed by atoms with Crippen LogP contribution >= 0.6 is 12.4 Å². The zero-order valence-electron chi connectivity index (χ0n) is 12.0. The molecule has 0 aromatic carbocycles. The molecule has 0 spiro atoms. The second-order valence-electron chi connectivity index (χ2n) is 5.42. The third-order valence-electron chi connectivity index (χ3n) is 3.56. The first kappa shape index (κ1) is 18.2. The van der Waals surface area contributed by atoms with Gasteiger partial charge in [-0.1, -0.05) is 13.8 Å². The lowest BCUT2D eigenvalue weighted by Gasteiger charge is -2.33. The fourth-order valence-electron chi connectivity index (χ4n) is 2.15. The Morgan fingerprint density at radius 2 is 2.00 bits per heavy atom. The van der Waals surface area contributed by atoms with Crippen molar-refractivity contribution < 1.29 is 9.59 Å². The fraction of sp³-hybridized carbons (Fsp3) is 0.846. The van der Waals surface area contributed by atoms with E-state index in [9.17, 15) is 9.59 Å². The van der Waals surface area contributed by atoms with Crippen LogP contribution in [0, 0.1) is 5.92 Å². The van der Waals surface area contributed by atoms with Crippen LogP contribution in [0.15, 0.2) is 0 Å². The number of rotatable bonds is 4.